The SMILES string of the molecule is C[C@@H]1CN(c2nc(OC[C@@]34CCCN3C[C@H](F)C4)nc3c(F)c(-c4ccc(F)c5sc(N)nc45)c(C(F)(F)F)cc23)[C@@H](C)CN1. The molecular formula is C30H31F6N7OS. The molecule has 4 atom stereocenters. The van der Waals surface area contributed by atoms with E-state index in [9.17, 15) is 22.0 Å². The van der Waals surface area contributed by atoms with Crippen LogP contribution in [-0.2, 0) is 6.18 Å². The first-order valence-electron chi connectivity index (χ1n) is 14.8. The van der Waals surface area contributed by atoms with E-state index in [1.807, 2.05) is 23.6 Å². The second-order valence-corrected chi connectivity index (χ2v) is 13.4. The summed E-state index contributed by atoms with van der Waals surface area (Å²) in [5.41, 5.74) is 2.31. The van der Waals surface area contributed by atoms with E-state index in [-0.39, 0.29) is 68.8 Å². The summed E-state index contributed by atoms with van der Waals surface area (Å²) < 4.78 is 96.1. The maximum absolute atomic E-state index is 16.8. The number of fused-ring (bicyclic) bond motifs is 3. The molecule has 7 rings (SSSR count). The third kappa shape index (κ3) is 5.12. The molecule has 45 heavy (non-hydrogen) atoms. The zero-order chi connectivity index (χ0) is 31.8. The molecular weight excluding hydrogens is 620 g/mol. The minimum Gasteiger partial charge on any atom is -0.461 e. The molecule has 0 radical (unpaired) electrons. The van der Waals surface area contributed by atoms with Crippen LogP contribution in [0.2, 0.25) is 0 Å². The number of hydrogen-bond donors (Lipinski definition) is 2. The van der Waals surface area contributed by atoms with Gasteiger partial charge in [0.25, 0.3) is 0 Å². The van der Waals surface area contributed by atoms with Crippen LogP contribution in [0.5, 0.6) is 6.01 Å². The van der Waals surface area contributed by atoms with Gasteiger partial charge in [-0.25, -0.2) is 18.2 Å². The van der Waals surface area contributed by atoms with Gasteiger partial charge in [0.1, 0.15) is 29.9 Å². The Morgan fingerprint density at radius 2 is 1.93 bits per heavy atom. The molecule has 15 heteroatoms. The number of alkyl halides is 4. The third-order valence-corrected chi connectivity index (χ3v) is 10.1. The Kier molecular flexibility index (Phi) is 7.28. The summed E-state index contributed by atoms with van der Waals surface area (Å²) in [6, 6.07) is 2.43. The van der Waals surface area contributed by atoms with Gasteiger partial charge in [-0.1, -0.05) is 11.3 Å². The lowest BCUT2D eigenvalue weighted by Crippen LogP contribution is -2.54. The highest BCUT2D eigenvalue weighted by Gasteiger charge is 2.49. The molecule has 2 aromatic carbocycles. The number of nitrogen functional groups attached to an aromatic ring is 1. The van der Waals surface area contributed by atoms with Crippen molar-refractivity contribution in [1.29, 1.82) is 0 Å². The standard InChI is InChI=1S/C30H31F6N7OS/c1-14-11-43(15(2)10-38-14)26-18-8-19(30(34,35)36)21(17-4-5-20(32)25-24(17)39-27(37)45-25)22(33)23(18)40-28(41-26)44-13-29-6-3-7-42(29)12-16(31)9-29/h4-5,8,14-16,38H,3,6-7,9-13H2,1-2H3,(H2,37,39)/t14-,15+,16-,29+/m1/s1. The molecule has 3 aliphatic rings. The molecule has 3 fully saturated rings. The van der Waals surface area contributed by atoms with Crippen molar-refractivity contribution in [3.8, 4) is 17.1 Å². The van der Waals surface area contributed by atoms with Crippen molar-refractivity contribution in [2.45, 2.75) is 63.1 Å². The highest BCUT2D eigenvalue weighted by atomic mass is 32.1. The molecule has 3 N–H and O–H groups in total. The molecule has 0 unspecified atom stereocenters. The van der Waals surface area contributed by atoms with E-state index in [1.165, 1.54) is 0 Å². The van der Waals surface area contributed by atoms with Gasteiger partial charge in [0.05, 0.1) is 21.3 Å². The van der Waals surface area contributed by atoms with Crippen LogP contribution < -0.4 is 20.7 Å². The highest BCUT2D eigenvalue weighted by Crippen LogP contribution is 2.46. The quantitative estimate of drug-likeness (QED) is 0.257. The van der Waals surface area contributed by atoms with Gasteiger partial charge < -0.3 is 20.7 Å². The fourth-order valence-corrected chi connectivity index (χ4v) is 7.88. The summed E-state index contributed by atoms with van der Waals surface area (Å²) in [6.07, 6.45) is -4.13. The fraction of sp³-hybridized carbons (Fsp3) is 0.500. The largest absolute Gasteiger partial charge is 0.461 e. The number of benzene rings is 2. The van der Waals surface area contributed by atoms with Crippen molar-refractivity contribution < 1.29 is 31.1 Å². The Hall–Kier alpha value is -3.43. The van der Waals surface area contributed by atoms with Gasteiger partial charge in [0, 0.05) is 54.7 Å². The number of nitrogens with zero attached hydrogens (tertiary/aromatic N) is 5. The predicted molar refractivity (Wildman–Crippen MR) is 160 cm³/mol. The summed E-state index contributed by atoms with van der Waals surface area (Å²) in [6.45, 7) is 5.81. The maximum Gasteiger partial charge on any atom is 0.417 e. The molecule has 4 aromatic rings. The first-order valence-corrected chi connectivity index (χ1v) is 15.6. The van der Waals surface area contributed by atoms with Crippen molar-refractivity contribution in [3.63, 3.8) is 0 Å². The Morgan fingerprint density at radius 3 is 2.71 bits per heavy atom. The van der Waals surface area contributed by atoms with Crippen molar-refractivity contribution >= 4 is 43.4 Å². The molecule has 0 saturated carbocycles. The van der Waals surface area contributed by atoms with Gasteiger partial charge in [-0.2, -0.15) is 23.1 Å². The van der Waals surface area contributed by atoms with Gasteiger partial charge >= 0.3 is 12.2 Å². The van der Waals surface area contributed by atoms with Crippen molar-refractivity contribution in [1.82, 2.24) is 25.2 Å². The average molecular weight is 652 g/mol. The van der Waals surface area contributed by atoms with E-state index in [4.69, 9.17) is 10.5 Å². The molecule has 3 aliphatic heterocycles. The van der Waals surface area contributed by atoms with Crippen LogP contribution in [0.1, 0.15) is 38.7 Å². The van der Waals surface area contributed by atoms with E-state index in [0.717, 1.165) is 42.5 Å². The number of nitrogens with two attached hydrogens (primary N) is 1. The summed E-state index contributed by atoms with van der Waals surface area (Å²) in [4.78, 5) is 16.8. The second kappa shape index (κ2) is 10.8. The van der Waals surface area contributed by atoms with E-state index in [0.29, 0.717) is 26.1 Å². The van der Waals surface area contributed by atoms with Crippen LogP contribution in [0, 0.1) is 11.6 Å². The number of halogens is 6. The number of thiazole rings is 1. The minimum absolute atomic E-state index is 0.0321. The van der Waals surface area contributed by atoms with Gasteiger partial charge in [0.2, 0.25) is 0 Å². The average Bonchev–Trinajstić information content (AvgIpc) is 3.65. The number of piperazine rings is 1. The Balaban J connectivity index is 1.44. The molecule has 2 aromatic heterocycles. The van der Waals surface area contributed by atoms with Crippen molar-refractivity contribution in [2.75, 3.05) is 43.4 Å². The summed E-state index contributed by atoms with van der Waals surface area (Å²) in [5, 5.41) is 3.11. The Labute approximate surface area is 258 Å². The second-order valence-electron chi connectivity index (χ2n) is 12.3. The van der Waals surface area contributed by atoms with E-state index in [1.54, 1.807) is 0 Å². The van der Waals surface area contributed by atoms with Gasteiger partial charge in [0.15, 0.2) is 10.9 Å². The van der Waals surface area contributed by atoms with Gasteiger partial charge in [-0.3, -0.25) is 4.90 Å². The lowest BCUT2D eigenvalue weighted by Gasteiger charge is -2.39. The first-order chi connectivity index (χ1) is 21.3. The zero-order valence-corrected chi connectivity index (χ0v) is 25.3. The molecule has 5 heterocycles. The first kappa shape index (κ1) is 30.2. The lowest BCUT2D eigenvalue weighted by molar-refractivity contribution is -0.137. The van der Waals surface area contributed by atoms with Crippen molar-refractivity contribution in [3.05, 3.63) is 35.4 Å². The predicted octanol–water partition coefficient (Wildman–Crippen LogP) is 5.93. The minimum atomic E-state index is -5.00. The summed E-state index contributed by atoms with van der Waals surface area (Å²) in [5.74, 6) is -1.90. The van der Waals surface area contributed by atoms with Crippen LogP contribution in [0.25, 0.3) is 32.2 Å². The molecule has 0 bridgehead atoms. The van der Waals surface area contributed by atoms with Crippen LogP contribution in [0.15, 0.2) is 18.2 Å². The highest BCUT2D eigenvalue weighted by molar-refractivity contribution is 7.22. The van der Waals surface area contributed by atoms with Crippen LogP contribution in [0.3, 0.4) is 0 Å². The summed E-state index contributed by atoms with van der Waals surface area (Å²) in [7, 11) is 0. The summed E-state index contributed by atoms with van der Waals surface area (Å²) >= 11 is 0.759. The molecule has 0 aliphatic carbocycles. The number of ether oxygens (including phenoxy) is 1. The van der Waals surface area contributed by atoms with E-state index in [2.05, 4.69) is 20.3 Å². The molecule has 8 nitrogen and oxygen atoms in total. The zero-order valence-electron chi connectivity index (χ0n) is 24.5. The smallest absolute Gasteiger partial charge is 0.417 e. The lowest BCUT2D eigenvalue weighted by atomic mass is 9.94. The maximum atomic E-state index is 16.8. The normalized spacial score (nSPS) is 25.9. The van der Waals surface area contributed by atoms with Crippen LogP contribution in [0.4, 0.5) is 37.3 Å². The number of aromatic nitrogens is 3. The topological polar surface area (TPSA) is 92.4 Å². The number of hydrogen-bond acceptors (Lipinski definition) is 9. The van der Waals surface area contributed by atoms with Crippen LogP contribution >= 0.6 is 11.3 Å². The third-order valence-electron chi connectivity index (χ3n) is 9.24. The van der Waals surface area contributed by atoms with Gasteiger partial charge in [-0.15, -0.1) is 0 Å². The van der Waals surface area contributed by atoms with E-state index < -0.39 is 40.6 Å². The number of nitrogens with one attached hydrogen (secondary N) is 1. The number of anilines is 2. The molecule has 3 saturated heterocycles. The Morgan fingerprint density at radius 1 is 1.13 bits per heavy atom. The number of rotatable bonds is 5. The van der Waals surface area contributed by atoms with Crippen LogP contribution in [-0.4, -0.2) is 76.4 Å². The monoisotopic (exact) mass is 651 g/mol. The fourth-order valence-electron chi connectivity index (χ4n) is 7.12. The van der Waals surface area contributed by atoms with E-state index >= 15 is 4.39 Å². The molecule has 0 spiro atoms. The molecule has 240 valence electrons. The van der Waals surface area contributed by atoms with Crippen molar-refractivity contribution in [2.24, 2.45) is 0 Å². The molecule has 0 amide bonds. The Bertz CT molecular complexity index is 1800. The van der Waals surface area contributed by atoms with Gasteiger partial charge in [-0.05, 0) is 51.4 Å².